The average molecular weight is 418 g/mol. The highest BCUT2D eigenvalue weighted by molar-refractivity contribution is 5.97. The molecular weight excluding hydrogens is 382 g/mol. The van der Waals surface area contributed by atoms with Gasteiger partial charge in [0.2, 0.25) is 11.8 Å². The highest BCUT2D eigenvalue weighted by atomic mass is 16.2. The van der Waals surface area contributed by atoms with Gasteiger partial charge in [0.1, 0.15) is 11.6 Å². The molecule has 0 atom stereocenters. The van der Waals surface area contributed by atoms with Crippen molar-refractivity contribution < 1.29 is 19.2 Å². The third kappa shape index (κ3) is 9.67. The molecule has 0 aliphatic heterocycles. The Morgan fingerprint density at radius 1 is 0.633 bits per heavy atom. The maximum atomic E-state index is 12.2. The first-order valence-corrected chi connectivity index (χ1v) is 10.5. The molecule has 7 heteroatoms. The number of benzene rings is 1. The number of hydrogen-bond donors (Lipinski definition) is 3. The molecule has 1 rings (SSSR count). The van der Waals surface area contributed by atoms with Gasteiger partial charge in [-0.1, -0.05) is 27.7 Å². The molecule has 0 saturated heterocycles. The standard InChI is InChI=1S/C23H35N3O4/c1-14(2)20(27)7-9-22(29)25-18-11-17(24-16(5)6)12-19(13-18)26-23(30)10-8-21(28)15(3)4/h11-16,24H,7-10H2,1-6H3,(H,25,29)(H,26,30). The number of ketones is 2. The number of anilines is 3. The summed E-state index contributed by atoms with van der Waals surface area (Å²) in [5.41, 5.74) is 1.79. The molecule has 0 fully saturated rings. The lowest BCUT2D eigenvalue weighted by molar-refractivity contribution is -0.125. The summed E-state index contributed by atoms with van der Waals surface area (Å²) in [6.45, 7) is 11.2. The topological polar surface area (TPSA) is 104 Å². The van der Waals surface area contributed by atoms with Crippen molar-refractivity contribution in [1.82, 2.24) is 0 Å². The lowest BCUT2D eigenvalue weighted by Gasteiger charge is -2.15. The van der Waals surface area contributed by atoms with E-state index in [2.05, 4.69) is 16.0 Å². The van der Waals surface area contributed by atoms with Crippen LogP contribution in [0.25, 0.3) is 0 Å². The van der Waals surface area contributed by atoms with Crippen LogP contribution in [0.4, 0.5) is 17.1 Å². The Bertz CT molecular complexity index is 713. The van der Waals surface area contributed by atoms with Crippen LogP contribution < -0.4 is 16.0 Å². The molecule has 0 aromatic heterocycles. The summed E-state index contributed by atoms with van der Waals surface area (Å²) in [6, 6.07) is 5.38. The molecule has 0 spiro atoms. The molecule has 0 radical (unpaired) electrons. The van der Waals surface area contributed by atoms with Gasteiger partial charge in [0.25, 0.3) is 0 Å². The first kappa shape index (κ1) is 25.3. The van der Waals surface area contributed by atoms with E-state index in [4.69, 9.17) is 0 Å². The number of carbonyl (C=O) groups excluding carboxylic acids is 4. The van der Waals surface area contributed by atoms with Crippen LogP contribution in [0.15, 0.2) is 18.2 Å². The zero-order chi connectivity index (χ0) is 22.8. The zero-order valence-electron chi connectivity index (χ0n) is 18.9. The lowest BCUT2D eigenvalue weighted by Crippen LogP contribution is -2.18. The highest BCUT2D eigenvalue weighted by Gasteiger charge is 2.13. The largest absolute Gasteiger partial charge is 0.383 e. The molecule has 166 valence electrons. The first-order valence-electron chi connectivity index (χ1n) is 10.5. The maximum Gasteiger partial charge on any atom is 0.224 e. The van der Waals surface area contributed by atoms with Crippen LogP contribution in [0.3, 0.4) is 0 Å². The zero-order valence-corrected chi connectivity index (χ0v) is 18.9. The van der Waals surface area contributed by atoms with E-state index in [0.29, 0.717) is 11.4 Å². The summed E-state index contributed by atoms with van der Waals surface area (Å²) in [6.07, 6.45) is 0.609. The SMILES string of the molecule is CC(C)Nc1cc(NC(=O)CCC(=O)C(C)C)cc(NC(=O)CCC(=O)C(C)C)c1. The molecule has 30 heavy (non-hydrogen) atoms. The van der Waals surface area contributed by atoms with Crippen LogP contribution in [-0.4, -0.2) is 29.4 Å². The summed E-state index contributed by atoms with van der Waals surface area (Å²) in [5.74, 6) is -0.619. The lowest BCUT2D eigenvalue weighted by atomic mass is 10.0. The second-order valence-electron chi connectivity index (χ2n) is 8.44. The van der Waals surface area contributed by atoms with Gasteiger partial charge < -0.3 is 16.0 Å². The molecular formula is C23H35N3O4. The molecule has 0 heterocycles. The minimum absolute atomic E-state index is 0.0456. The van der Waals surface area contributed by atoms with Gasteiger partial charge >= 0.3 is 0 Å². The van der Waals surface area contributed by atoms with Crippen molar-refractivity contribution >= 4 is 40.4 Å². The van der Waals surface area contributed by atoms with E-state index in [0.717, 1.165) is 5.69 Å². The molecule has 0 unspecified atom stereocenters. The van der Waals surface area contributed by atoms with Crippen molar-refractivity contribution in [1.29, 1.82) is 0 Å². The van der Waals surface area contributed by atoms with Gasteiger partial charge in [0, 0.05) is 60.6 Å². The van der Waals surface area contributed by atoms with E-state index < -0.39 is 0 Å². The Kier molecular flexibility index (Phi) is 10.2. The summed E-state index contributed by atoms with van der Waals surface area (Å²) < 4.78 is 0. The van der Waals surface area contributed by atoms with E-state index in [1.54, 1.807) is 18.2 Å². The number of nitrogens with one attached hydrogen (secondary N) is 3. The number of carbonyl (C=O) groups is 4. The predicted octanol–water partition coefficient (Wildman–Crippen LogP) is 4.39. The molecule has 7 nitrogen and oxygen atoms in total. The number of rotatable bonds is 12. The molecule has 2 amide bonds. The summed E-state index contributed by atoms with van der Waals surface area (Å²) in [5, 5.41) is 8.84. The van der Waals surface area contributed by atoms with Gasteiger partial charge in [-0.3, -0.25) is 19.2 Å². The van der Waals surface area contributed by atoms with Crippen molar-refractivity contribution in [3.05, 3.63) is 18.2 Å². The smallest absolute Gasteiger partial charge is 0.224 e. The van der Waals surface area contributed by atoms with Crippen LogP contribution in [0.1, 0.15) is 67.2 Å². The van der Waals surface area contributed by atoms with E-state index >= 15 is 0 Å². The fraction of sp³-hybridized carbons (Fsp3) is 0.565. The van der Waals surface area contributed by atoms with E-state index in [1.165, 1.54) is 0 Å². The van der Waals surface area contributed by atoms with E-state index in [-0.39, 0.29) is 66.9 Å². The minimum atomic E-state index is -0.259. The van der Waals surface area contributed by atoms with Gasteiger partial charge in [0.15, 0.2) is 0 Å². The summed E-state index contributed by atoms with van der Waals surface area (Å²) >= 11 is 0. The minimum Gasteiger partial charge on any atom is -0.383 e. The van der Waals surface area contributed by atoms with Gasteiger partial charge in [0.05, 0.1) is 0 Å². The Morgan fingerprint density at radius 2 is 1.00 bits per heavy atom. The van der Waals surface area contributed by atoms with Crippen molar-refractivity contribution in [2.75, 3.05) is 16.0 Å². The molecule has 1 aromatic carbocycles. The van der Waals surface area contributed by atoms with Crippen LogP contribution in [0, 0.1) is 11.8 Å². The van der Waals surface area contributed by atoms with Gasteiger partial charge in [-0.05, 0) is 32.0 Å². The van der Waals surface area contributed by atoms with Crippen molar-refractivity contribution in [2.24, 2.45) is 11.8 Å². The second-order valence-corrected chi connectivity index (χ2v) is 8.44. The van der Waals surface area contributed by atoms with Crippen molar-refractivity contribution in [3.8, 4) is 0 Å². The number of Topliss-reactive ketones (excluding diaryl/α,β-unsaturated/α-hetero) is 2. The molecule has 3 N–H and O–H groups in total. The summed E-state index contributed by atoms with van der Waals surface area (Å²) in [4.78, 5) is 48.0. The Morgan fingerprint density at radius 3 is 1.33 bits per heavy atom. The van der Waals surface area contributed by atoms with Crippen LogP contribution in [0.2, 0.25) is 0 Å². The quantitative estimate of drug-likeness (QED) is 0.468. The van der Waals surface area contributed by atoms with Gasteiger partial charge in [-0.15, -0.1) is 0 Å². The molecule has 1 aromatic rings. The van der Waals surface area contributed by atoms with Crippen molar-refractivity contribution in [3.63, 3.8) is 0 Å². The van der Waals surface area contributed by atoms with Gasteiger partial charge in [-0.2, -0.15) is 0 Å². The molecule has 0 bridgehead atoms. The second kappa shape index (κ2) is 12.1. The monoisotopic (exact) mass is 417 g/mol. The Hall–Kier alpha value is -2.70. The normalized spacial score (nSPS) is 11.0. The summed E-state index contributed by atoms with van der Waals surface area (Å²) in [7, 11) is 0. The maximum absolute atomic E-state index is 12.2. The first-order chi connectivity index (χ1) is 14.0. The van der Waals surface area contributed by atoms with E-state index in [9.17, 15) is 19.2 Å². The van der Waals surface area contributed by atoms with Crippen LogP contribution in [0.5, 0.6) is 0 Å². The molecule has 0 saturated carbocycles. The molecule has 0 aliphatic rings. The Labute approximate surface area is 179 Å². The fourth-order valence-corrected chi connectivity index (χ4v) is 2.69. The number of amides is 2. The van der Waals surface area contributed by atoms with E-state index in [1.807, 2.05) is 41.5 Å². The highest BCUT2D eigenvalue weighted by Crippen LogP contribution is 2.24. The average Bonchev–Trinajstić information content (AvgIpc) is 2.63. The Balaban J connectivity index is 2.84. The number of hydrogen-bond acceptors (Lipinski definition) is 5. The third-order valence-corrected chi connectivity index (χ3v) is 4.44. The van der Waals surface area contributed by atoms with Crippen LogP contribution in [-0.2, 0) is 19.2 Å². The fourth-order valence-electron chi connectivity index (χ4n) is 2.69. The third-order valence-electron chi connectivity index (χ3n) is 4.44. The molecule has 0 aliphatic carbocycles. The van der Waals surface area contributed by atoms with Crippen molar-refractivity contribution in [2.45, 2.75) is 73.3 Å². The predicted molar refractivity (Wildman–Crippen MR) is 121 cm³/mol. The van der Waals surface area contributed by atoms with Gasteiger partial charge in [-0.25, -0.2) is 0 Å². The van der Waals surface area contributed by atoms with Crippen LogP contribution >= 0.6 is 0 Å².